The van der Waals surface area contributed by atoms with Gasteiger partial charge in [0.2, 0.25) is 0 Å². The zero-order chi connectivity index (χ0) is 22.1. The summed E-state index contributed by atoms with van der Waals surface area (Å²) in [4.78, 5) is 4.37. The Morgan fingerprint density at radius 1 is 0.700 bits per heavy atom. The van der Waals surface area contributed by atoms with E-state index in [4.69, 9.17) is 4.74 Å². The van der Waals surface area contributed by atoms with Crippen LogP contribution in [0.2, 0.25) is 0 Å². The topological polar surface area (TPSA) is 22.1 Å². The van der Waals surface area contributed by atoms with Crippen LogP contribution in [0.3, 0.4) is 0 Å². The van der Waals surface area contributed by atoms with Crippen molar-refractivity contribution in [2.75, 3.05) is 0 Å². The molecule has 0 saturated heterocycles. The van der Waals surface area contributed by atoms with Crippen LogP contribution < -0.4 is 4.74 Å². The average molecular weight is 425 g/mol. The predicted octanol–water partition coefficient (Wildman–Crippen LogP) is 7.24. The van der Waals surface area contributed by atoms with Gasteiger partial charge in [0, 0.05) is 23.3 Å². The standard InChI is InChI=1S/C22H17F6NO/c1-13(2)30-18-11-19(14-6-8-16(9-7-14)21(23,24)25)29-20(12-18)15-4-3-5-17(10-15)22(26,27)28/h3-13H,1-2H3. The minimum atomic E-state index is -4.52. The lowest BCUT2D eigenvalue weighted by Crippen LogP contribution is -2.07. The lowest BCUT2D eigenvalue weighted by Gasteiger charge is -2.14. The molecule has 0 atom stereocenters. The number of rotatable bonds is 4. The number of aromatic nitrogens is 1. The summed E-state index contributed by atoms with van der Waals surface area (Å²) in [7, 11) is 0. The Labute approximate surface area is 169 Å². The Kier molecular flexibility index (Phi) is 5.78. The minimum absolute atomic E-state index is 0.215. The summed E-state index contributed by atoms with van der Waals surface area (Å²) in [5, 5.41) is 0. The number of alkyl halides is 6. The molecule has 0 aliphatic heterocycles. The number of halogens is 6. The van der Waals surface area contributed by atoms with Gasteiger partial charge < -0.3 is 4.74 Å². The molecular formula is C22H17F6NO. The summed E-state index contributed by atoms with van der Waals surface area (Å²) in [6.45, 7) is 3.56. The molecule has 2 nitrogen and oxygen atoms in total. The summed E-state index contributed by atoms with van der Waals surface area (Å²) in [5.41, 5.74) is -0.534. The van der Waals surface area contributed by atoms with E-state index in [0.29, 0.717) is 11.3 Å². The molecule has 0 fully saturated rings. The summed E-state index contributed by atoms with van der Waals surface area (Å²) in [6.07, 6.45) is -9.21. The molecule has 0 aliphatic carbocycles. The molecule has 1 heterocycles. The first-order valence-electron chi connectivity index (χ1n) is 8.97. The van der Waals surface area contributed by atoms with Crippen molar-refractivity contribution in [2.24, 2.45) is 0 Å². The monoisotopic (exact) mass is 425 g/mol. The molecule has 2 aromatic carbocycles. The van der Waals surface area contributed by atoms with E-state index in [9.17, 15) is 26.3 Å². The van der Waals surface area contributed by atoms with Gasteiger partial charge >= 0.3 is 12.4 Å². The normalized spacial score (nSPS) is 12.3. The van der Waals surface area contributed by atoms with Crippen LogP contribution in [0.1, 0.15) is 25.0 Å². The third-order valence-corrected chi connectivity index (χ3v) is 4.16. The van der Waals surface area contributed by atoms with Gasteiger partial charge in [-0.1, -0.05) is 24.3 Å². The highest BCUT2D eigenvalue weighted by Gasteiger charge is 2.31. The van der Waals surface area contributed by atoms with Crippen molar-refractivity contribution in [3.63, 3.8) is 0 Å². The second kappa shape index (κ2) is 8.01. The Morgan fingerprint density at radius 2 is 1.27 bits per heavy atom. The van der Waals surface area contributed by atoms with Crippen LogP contribution in [-0.4, -0.2) is 11.1 Å². The SMILES string of the molecule is CC(C)Oc1cc(-c2ccc(C(F)(F)F)cc2)nc(-c2cccc(C(F)(F)F)c2)c1. The van der Waals surface area contributed by atoms with Gasteiger partial charge in [0.1, 0.15) is 5.75 Å². The van der Waals surface area contributed by atoms with Crippen LogP contribution >= 0.6 is 0 Å². The zero-order valence-electron chi connectivity index (χ0n) is 16.0. The molecule has 0 saturated carbocycles. The van der Waals surface area contributed by atoms with Crippen LogP contribution in [0.5, 0.6) is 5.75 Å². The molecule has 3 aromatic rings. The molecule has 0 radical (unpaired) electrons. The number of benzene rings is 2. The van der Waals surface area contributed by atoms with E-state index < -0.39 is 23.5 Å². The van der Waals surface area contributed by atoms with Crippen molar-refractivity contribution >= 4 is 0 Å². The van der Waals surface area contributed by atoms with Gasteiger partial charge in [0.25, 0.3) is 0 Å². The van der Waals surface area contributed by atoms with Crippen molar-refractivity contribution in [3.8, 4) is 28.3 Å². The predicted molar refractivity (Wildman–Crippen MR) is 101 cm³/mol. The number of hydrogen-bond acceptors (Lipinski definition) is 2. The maximum absolute atomic E-state index is 13.1. The largest absolute Gasteiger partial charge is 0.491 e. The quantitative estimate of drug-likeness (QED) is 0.411. The lowest BCUT2D eigenvalue weighted by atomic mass is 10.0. The van der Waals surface area contributed by atoms with E-state index in [1.807, 2.05) is 0 Å². The average Bonchev–Trinajstić information content (AvgIpc) is 2.66. The third-order valence-electron chi connectivity index (χ3n) is 4.16. The van der Waals surface area contributed by atoms with Gasteiger partial charge in [-0.15, -0.1) is 0 Å². The highest BCUT2D eigenvalue weighted by molar-refractivity contribution is 5.69. The van der Waals surface area contributed by atoms with E-state index in [-0.39, 0.29) is 23.1 Å². The van der Waals surface area contributed by atoms with Gasteiger partial charge in [-0.05, 0) is 38.1 Å². The molecule has 1 aromatic heterocycles. The molecule has 0 amide bonds. The lowest BCUT2D eigenvalue weighted by molar-refractivity contribution is -0.138. The van der Waals surface area contributed by atoms with Crippen LogP contribution in [0.4, 0.5) is 26.3 Å². The number of pyridine rings is 1. The Balaban J connectivity index is 2.09. The highest BCUT2D eigenvalue weighted by Crippen LogP contribution is 2.35. The Bertz CT molecular complexity index is 1020. The maximum Gasteiger partial charge on any atom is 0.416 e. The summed E-state index contributed by atoms with van der Waals surface area (Å²) in [5.74, 6) is 0.349. The van der Waals surface area contributed by atoms with Crippen LogP contribution in [0.15, 0.2) is 60.7 Å². The fraction of sp³-hybridized carbons (Fsp3) is 0.227. The molecule has 0 N–H and O–H groups in total. The van der Waals surface area contributed by atoms with Crippen LogP contribution in [0.25, 0.3) is 22.5 Å². The molecule has 158 valence electrons. The second-order valence-corrected chi connectivity index (χ2v) is 6.89. The Morgan fingerprint density at radius 3 is 1.80 bits per heavy atom. The van der Waals surface area contributed by atoms with E-state index in [2.05, 4.69) is 4.98 Å². The molecule has 3 rings (SSSR count). The highest BCUT2D eigenvalue weighted by atomic mass is 19.4. The molecular weight excluding hydrogens is 408 g/mol. The first-order valence-corrected chi connectivity index (χ1v) is 8.97. The maximum atomic E-state index is 13.1. The van der Waals surface area contributed by atoms with E-state index in [1.54, 1.807) is 19.9 Å². The fourth-order valence-electron chi connectivity index (χ4n) is 2.83. The van der Waals surface area contributed by atoms with Crippen molar-refractivity contribution in [1.29, 1.82) is 0 Å². The number of nitrogens with zero attached hydrogens (tertiary/aromatic N) is 1. The number of ether oxygens (including phenoxy) is 1. The first kappa shape index (κ1) is 21.7. The van der Waals surface area contributed by atoms with Crippen molar-refractivity contribution in [3.05, 3.63) is 71.8 Å². The molecule has 0 spiro atoms. The molecule has 8 heteroatoms. The van der Waals surface area contributed by atoms with E-state index in [0.717, 1.165) is 24.3 Å². The molecule has 0 unspecified atom stereocenters. The minimum Gasteiger partial charge on any atom is -0.491 e. The third kappa shape index (κ3) is 5.11. The second-order valence-electron chi connectivity index (χ2n) is 6.89. The van der Waals surface area contributed by atoms with Gasteiger partial charge in [-0.3, -0.25) is 0 Å². The van der Waals surface area contributed by atoms with E-state index >= 15 is 0 Å². The molecule has 0 aliphatic rings. The molecule has 30 heavy (non-hydrogen) atoms. The van der Waals surface area contributed by atoms with Gasteiger partial charge in [-0.25, -0.2) is 4.98 Å². The van der Waals surface area contributed by atoms with E-state index in [1.165, 1.54) is 30.3 Å². The summed E-state index contributed by atoms with van der Waals surface area (Å²) < 4.78 is 83.4. The molecule has 0 bridgehead atoms. The van der Waals surface area contributed by atoms with Crippen molar-refractivity contribution < 1.29 is 31.1 Å². The first-order chi connectivity index (χ1) is 13.9. The zero-order valence-corrected chi connectivity index (χ0v) is 16.0. The van der Waals surface area contributed by atoms with Gasteiger partial charge in [0.15, 0.2) is 0 Å². The van der Waals surface area contributed by atoms with Crippen molar-refractivity contribution in [2.45, 2.75) is 32.3 Å². The Hall–Kier alpha value is -3.03. The fourth-order valence-corrected chi connectivity index (χ4v) is 2.83. The van der Waals surface area contributed by atoms with Crippen molar-refractivity contribution in [1.82, 2.24) is 4.98 Å². The summed E-state index contributed by atoms with van der Waals surface area (Å²) >= 11 is 0. The van der Waals surface area contributed by atoms with Gasteiger partial charge in [0.05, 0.1) is 28.6 Å². The smallest absolute Gasteiger partial charge is 0.416 e. The number of hydrogen-bond donors (Lipinski definition) is 0. The summed E-state index contributed by atoms with van der Waals surface area (Å²) in [6, 6.07) is 12.1. The van der Waals surface area contributed by atoms with Crippen LogP contribution in [-0.2, 0) is 12.4 Å². The van der Waals surface area contributed by atoms with Crippen LogP contribution in [0, 0.1) is 0 Å². The van der Waals surface area contributed by atoms with Gasteiger partial charge in [-0.2, -0.15) is 26.3 Å².